The van der Waals surface area contributed by atoms with E-state index in [-0.39, 0.29) is 6.61 Å². The van der Waals surface area contributed by atoms with Crippen molar-refractivity contribution in [3.8, 4) is 17.0 Å². The van der Waals surface area contributed by atoms with Crippen molar-refractivity contribution in [3.63, 3.8) is 0 Å². The van der Waals surface area contributed by atoms with Gasteiger partial charge >= 0.3 is 6.09 Å². The van der Waals surface area contributed by atoms with E-state index < -0.39 is 17.6 Å². The Hall–Kier alpha value is -4.14. The van der Waals surface area contributed by atoms with Crippen LogP contribution in [0.4, 0.5) is 10.6 Å². The average molecular weight is 460 g/mol. The number of cyclic esters (lactones) is 1. The zero-order chi connectivity index (χ0) is 23.7. The molecular weight excluding hydrogens is 434 g/mol. The summed E-state index contributed by atoms with van der Waals surface area (Å²) in [6, 6.07) is 15.8. The molecule has 1 aliphatic heterocycles. The Morgan fingerprint density at radius 1 is 1.18 bits per heavy atom. The fraction of sp³-hybridized carbons (Fsp3) is 0.280. The van der Waals surface area contributed by atoms with Gasteiger partial charge < -0.3 is 25.4 Å². The maximum Gasteiger partial charge on any atom is 0.407 e. The molecule has 1 saturated heterocycles. The number of carbonyl (C=O) groups excluding carboxylic acids is 1. The summed E-state index contributed by atoms with van der Waals surface area (Å²) >= 11 is 0. The predicted molar refractivity (Wildman–Crippen MR) is 126 cm³/mol. The molecular formula is C25H25N5O4. The maximum absolute atomic E-state index is 11.3. The number of alkyl carbamates (subject to hydrolysis) is 1. The van der Waals surface area contributed by atoms with Crippen LogP contribution in [-0.2, 0) is 21.6 Å². The van der Waals surface area contributed by atoms with E-state index in [9.17, 15) is 4.79 Å². The van der Waals surface area contributed by atoms with E-state index in [0.29, 0.717) is 30.4 Å². The summed E-state index contributed by atoms with van der Waals surface area (Å²) < 4.78 is 11.2. The Morgan fingerprint density at radius 3 is 2.76 bits per heavy atom. The number of hydrogen-bond donors (Lipinski definition) is 2. The molecule has 34 heavy (non-hydrogen) atoms. The number of nitrogens with zero attached hydrogens (tertiary/aromatic N) is 3. The van der Waals surface area contributed by atoms with Gasteiger partial charge in [-0.3, -0.25) is 0 Å². The van der Waals surface area contributed by atoms with Crippen molar-refractivity contribution in [2.75, 3.05) is 18.9 Å². The maximum atomic E-state index is 11.3. The molecule has 0 unspecified atom stereocenters. The van der Waals surface area contributed by atoms with Crippen molar-refractivity contribution in [1.29, 1.82) is 0 Å². The fourth-order valence-electron chi connectivity index (χ4n) is 4.30. The van der Waals surface area contributed by atoms with Crippen LogP contribution in [0.25, 0.3) is 11.3 Å². The molecule has 0 saturated carbocycles. The number of anilines is 1. The Kier molecular flexibility index (Phi) is 5.53. The highest BCUT2D eigenvalue weighted by molar-refractivity contribution is 6.15. The van der Waals surface area contributed by atoms with Gasteiger partial charge in [0.15, 0.2) is 12.7 Å². The number of benzene rings is 2. The molecule has 9 heteroatoms. The number of rotatable bonds is 6. The number of ether oxygens (including phenoxy) is 2. The minimum atomic E-state index is -0.643. The third-order valence-electron chi connectivity index (χ3n) is 6.01. The highest BCUT2D eigenvalue weighted by Gasteiger charge is 2.41. The van der Waals surface area contributed by atoms with Crippen molar-refractivity contribution in [3.05, 3.63) is 71.5 Å². The smallest absolute Gasteiger partial charge is 0.407 e. The quantitative estimate of drug-likeness (QED) is 0.542. The van der Waals surface area contributed by atoms with E-state index in [1.54, 1.807) is 0 Å². The number of nitrogens with one attached hydrogen (secondary N) is 1. The van der Waals surface area contributed by atoms with E-state index in [1.807, 2.05) is 62.4 Å². The number of nitrogen functional groups attached to an aromatic ring is 1. The Morgan fingerprint density at radius 2 is 2.00 bits per heavy atom. The molecule has 1 amide bonds. The predicted octanol–water partition coefficient (Wildman–Crippen LogP) is 3.43. The second-order valence-corrected chi connectivity index (χ2v) is 8.73. The molecule has 3 aromatic rings. The average Bonchev–Trinajstić information content (AvgIpc) is 3.25. The molecule has 0 spiro atoms. The van der Waals surface area contributed by atoms with Gasteiger partial charge in [-0.25, -0.2) is 14.8 Å². The van der Waals surface area contributed by atoms with Crippen LogP contribution in [-0.4, -0.2) is 41.0 Å². The number of carbonyl (C=O) groups is 1. The van der Waals surface area contributed by atoms with Crippen LogP contribution in [0.2, 0.25) is 0 Å². The first-order valence-corrected chi connectivity index (χ1v) is 11.0. The van der Waals surface area contributed by atoms with Crippen LogP contribution < -0.4 is 15.8 Å². The van der Waals surface area contributed by atoms with Gasteiger partial charge in [0, 0.05) is 22.1 Å². The van der Waals surface area contributed by atoms with Crippen molar-refractivity contribution in [2.45, 2.75) is 32.0 Å². The normalized spacial score (nSPS) is 19.1. The highest BCUT2D eigenvalue weighted by atomic mass is 16.7. The van der Waals surface area contributed by atoms with Crippen LogP contribution in [0.3, 0.4) is 0 Å². The van der Waals surface area contributed by atoms with Gasteiger partial charge in [-0.05, 0) is 37.6 Å². The second-order valence-electron chi connectivity index (χ2n) is 8.73. The van der Waals surface area contributed by atoms with E-state index in [2.05, 4.69) is 20.4 Å². The minimum Gasteiger partial charge on any atom is -0.489 e. The molecule has 9 nitrogen and oxygen atoms in total. The van der Waals surface area contributed by atoms with Crippen molar-refractivity contribution in [2.24, 2.45) is 5.16 Å². The first kappa shape index (κ1) is 21.7. The molecule has 0 radical (unpaired) electrons. The standard InChI is InChI=1S/C25H25N5O4/c1-25(2)20-21(28-14-29-23(20)26)18-9-8-16(32-12-15-6-4-3-5-7-15)10-19(18)22(25)30-33-13-17-11-27-24(31)34-17/h3-10,14,17H,11-13H2,1-2H3,(H,27,31)(H2,26,28,29)/b30-22+/t17-/m0/s1. The number of fused-ring (bicyclic) bond motifs is 3. The molecule has 174 valence electrons. The van der Waals surface area contributed by atoms with Crippen LogP contribution in [0.15, 0.2) is 60.0 Å². The zero-order valence-corrected chi connectivity index (χ0v) is 18.9. The number of nitrogens with two attached hydrogens (primary N) is 1. The molecule has 5 rings (SSSR count). The summed E-state index contributed by atoms with van der Waals surface area (Å²) in [5.41, 5.74) is 10.6. The summed E-state index contributed by atoms with van der Waals surface area (Å²) in [6.07, 6.45) is 0.612. The highest BCUT2D eigenvalue weighted by Crippen LogP contribution is 2.45. The lowest BCUT2D eigenvalue weighted by Crippen LogP contribution is -2.36. The van der Waals surface area contributed by atoms with Gasteiger partial charge in [0.05, 0.1) is 18.0 Å². The van der Waals surface area contributed by atoms with Gasteiger partial charge in [-0.1, -0.05) is 35.5 Å². The van der Waals surface area contributed by atoms with E-state index in [4.69, 9.17) is 20.0 Å². The molecule has 1 atom stereocenters. The fourth-order valence-corrected chi connectivity index (χ4v) is 4.30. The Labute approximate surface area is 196 Å². The summed E-state index contributed by atoms with van der Waals surface area (Å²) in [5, 5.41) is 7.10. The lowest BCUT2D eigenvalue weighted by Gasteiger charge is -2.34. The van der Waals surface area contributed by atoms with E-state index in [1.165, 1.54) is 6.33 Å². The molecule has 1 aliphatic carbocycles. The lowest BCUT2D eigenvalue weighted by molar-refractivity contribution is 0.0487. The molecule has 3 N–H and O–H groups in total. The molecule has 2 aliphatic rings. The summed E-state index contributed by atoms with van der Waals surface area (Å²) in [7, 11) is 0. The first-order chi connectivity index (χ1) is 16.4. The molecule has 2 aromatic carbocycles. The van der Waals surface area contributed by atoms with Gasteiger partial charge in [0.25, 0.3) is 0 Å². The number of oxime groups is 1. The summed E-state index contributed by atoms with van der Waals surface area (Å²) in [4.78, 5) is 25.7. The lowest BCUT2D eigenvalue weighted by atomic mass is 9.70. The minimum absolute atomic E-state index is 0.130. The largest absolute Gasteiger partial charge is 0.489 e. The number of hydrogen-bond acceptors (Lipinski definition) is 8. The van der Waals surface area contributed by atoms with Gasteiger partial charge in [0.1, 0.15) is 24.5 Å². The van der Waals surface area contributed by atoms with Crippen LogP contribution in [0, 0.1) is 0 Å². The number of amides is 1. The first-order valence-electron chi connectivity index (χ1n) is 11.0. The van der Waals surface area contributed by atoms with Crippen molar-refractivity contribution >= 4 is 17.6 Å². The van der Waals surface area contributed by atoms with Gasteiger partial charge in [-0.15, -0.1) is 0 Å². The van der Waals surface area contributed by atoms with E-state index in [0.717, 1.165) is 27.9 Å². The Balaban J connectivity index is 1.50. The molecule has 1 fully saturated rings. The van der Waals surface area contributed by atoms with Gasteiger partial charge in [0.2, 0.25) is 0 Å². The van der Waals surface area contributed by atoms with E-state index >= 15 is 0 Å². The molecule has 2 heterocycles. The van der Waals surface area contributed by atoms with Crippen molar-refractivity contribution in [1.82, 2.24) is 15.3 Å². The third kappa shape index (κ3) is 4.00. The monoisotopic (exact) mass is 459 g/mol. The summed E-state index contributed by atoms with van der Waals surface area (Å²) in [5.74, 6) is 1.09. The second kappa shape index (κ2) is 8.66. The summed E-state index contributed by atoms with van der Waals surface area (Å²) in [6.45, 7) is 4.96. The Bertz CT molecular complexity index is 1260. The molecule has 0 bridgehead atoms. The zero-order valence-electron chi connectivity index (χ0n) is 18.9. The van der Waals surface area contributed by atoms with Crippen molar-refractivity contribution < 1.29 is 19.1 Å². The van der Waals surface area contributed by atoms with Crippen LogP contribution in [0.1, 0.15) is 30.5 Å². The van der Waals surface area contributed by atoms with Crippen LogP contribution in [0.5, 0.6) is 5.75 Å². The third-order valence-corrected chi connectivity index (χ3v) is 6.01. The van der Waals surface area contributed by atoms with Crippen LogP contribution >= 0.6 is 0 Å². The molecule has 1 aromatic heterocycles. The SMILES string of the molecule is CC1(C)/C(=N/OC[C@@H]2CNC(=O)O2)c2cc(OCc3ccccc3)ccc2-c2ncnc(N)c21. The topological polar surface area (TPSA) is 121 Å². The number of aromatic nitrogens is 2. The van der Waals surface area contributed by atoms with Gasteiger partial charge in [-0.2, -0.15) is 0 Å².